The quantitative estimate of drug-likeness (QED) is 0.457. The highest BCUT2D eigenvalue weighted by Crippen LogP contribution is 2.25. The second kappa shape index (κ2) is 11.9. The van der Waals surface area contributed by atoms with Gasteiger partial charge in [-0.3, -0.25) is 4.79 Å². The zero-order valence-electron chi connectivity index (χ0n) is 19.7. The highest BCUT2D eigenvalue weighted by Gasteiger charge is 2.33. The number of nitrogens with zero attached hydrogens (tertiary/aromatic N) is 2. The third kappa shape index (κ3) is 7.21. The number of hydrogen-bond acceptors (Lipinski definition) is 6. The van der Waals surface area contributed by atoms with E-state index in [0.29, 0.717) is 38.2 Å². The third-order valence-corrected chi connectivity index (χ3v) is 8.74. The zero-order chi connectivity index (χ0) is 25.5. The predicted octanol–water partition coefficient (Wildman–Crippen LogP) is 2.05. The summed E-state index contributed by atoms with van der Waals surface area (Å²) in [6.45, 7) is 5.09. The van der Waals surface area contributed by atoms with Crippen LogP contribution >= 0.6 is 0 Å². The fourth-order valence-electron chi connectivity index (χ4n) is 3.83. The molecule has 1 atom stereocenters. The van der Waals surface area contributed by atoms with Gasteiger partial charge in [-0.1, -0.05) is 36.9 Å². The molecule has 3 rings (SSSR count). The van der Waals surface area contributed by atoms with Gasteiger partial charge in [0.15, 0.2) is 0 Å². The molecule has 0 saturated carbocycles. The number of carbonyl (C=O) groups excluding carboxylic acids is 1. The monoisotopic (exact) mass is 521 g/mol. The number of nitrogens with one attached hydrogen (secondary N) is 1. The van der Waals surface area contributed by atoms with Crippen molar-refractivity contribution in [2.45, 2.75) is 17.9 Å². The number of carbonyl (C=O) groups is 1. The Labute approximate surface area is 207 Å². The van der Waals surface area contributed by atoms with Crippen LogP contribution in [0.25, 0.3) is 0 Å². The molecule has 11 heteroatoms. The minimum Gasteiger partial charge on any atom is -0.383 e. The summed E-state index contributed by atoms with van der Waals surface area (Å²) in [5.74, 6) is -0.349. The maximum atomic E-state index is 13.1. The Bertz CT molecular complexity index is 1220. The summed E-state index contributed by atoms with van der Waals surface area (Å²) in [4.78, 5) is 14.9. The average molecular weight is 522 g/mol. The Morgan fingerprint density at radius 2 is 1.83 bits per heavy atom. The van der Waals surface area contributed by atoms with Gasteiger partial charge >= 0.3 is 0 Å². The molecule has 2 aromatic rings. The van der Waals surface area contributed by atoms with Gasteiger partial charge in [0.2, 0.25) is 20.0 Å². The molecule has 0 aromatic heterocycles. The molecule has 190 valence electrons. The Morgan fingerprint density at radius 3 is 2.46 bits per heavy atom. The van der Waals surface area contributed by atoms with E-state index in [1.807, 2.05) is 30.3 Å². The lowest BCUT2D eigenvalue weighted by molar-refractivity contribution is 0.0680. The lowest BCUT2D eigenvalue weighted by Gasteiger charge is -2.23. The average Bonchev–Trinajstić information content (AvgIpc) is 3.36. The largest absolute Gasteiger partial charge is 0.383 e. The second-order valence-electron chi connectivity index (χ2n) is 8.31. The number of hydrogen-bond donors (Lipinski definition) is 1. The number of rotatable bonds is 12. The van der Waals surface area contributed by atoms with E-state index in [2.05, 4.69) is 11.3 Å². The van der Waals surface area contributed by atoms with Crippen molar-refractivity contribution in [1.82, 2.24) is 13.9 Å². The van der Waals surface area contributed by atoms with Crippen LogP contribution in [0, 0.1) is 5.92 Å². The molecule has 1 heterocycles. The van der Waals surface area contributed by atoms with Gasteiger partial charge in [-0.05, 0) is 42.2 Å². The molecule has 0 aliphatic carbocycles. The fraction of sp³-hybridized carbons (Fsp3) is 0.375. The minimum absolute atomic E-state index is 0.0906. The van der Waals surface area contributed by atoms with E-state index in [0.717, 1.165) is 11.0 Å². The van der Waals surface area contributed by atoms with Crippen LogP contribution in [-0.2, 0) is 31.3 Å². The van der Waals surface area contributed by atoms with Crippen molar-refractivity contribution in [3.05, 3.63) is 77.7 Å². The Hall–Kier alpha value is -2.57. The normalized spacial score (nSPS) is 16.8. The number of methoxy groups -OCH3 is 1. The number of amides is 1. The molecule has 1 fully saturated rings. The van der Waals surface area contributed by atoms with Gasteiger partial charge in [-0.15, -0.1) is 0 Å². The molecule has 0 radical (unpaired) electrons. The molecule has 1 aliphatic rings. The summed E-state index contributed by atoms with van der Waals surface area (Å²) < 4.78 is 58.2. The van der Waals surface area contributed by atoms with Crippen molar-refractivity contribution < 1.29 is 26.4 Å². The lowest BCUT2D eigenvalue weighted by atomic mass is 10.1. The first-order valence-corrected chi connectivity index (χ1v) is 14.2. The molecule has 0 unspecified atom stereocenters. The van der Waals surface area contributed by atoms with Gasteiger partial charge < -0.3 is 9.64 Å². The summed E-state index contributed by atoms with van der Waals surface area (Å²) >= 11 is 0. The molecule has 1 N–H and O–H groups in total. The third-order valence-electron chi connectivity index (χ3n) is 5.85. The van der Waals surface area contributed by atoms with E-state index in [-0.39, 0.29) is 29.8 Å². The lowest BCUT2D eigenvalue weighted by Crippen LogP contribution is -2.33. The van der Waals surface area contributed by atoms with Gasteiger partial charge in [0, 0.05) is 50.8 Å². The molecular weight excluding hydrogens is 490 g/mol. The first-order chi connectivity index (χ1) is 16.7. The summed E-state index contributed by atoms with van der Waals surface area (Å²) in [5, 5.41) is 0.829. The van der Waals surface area contributed by atoms with E-state index >= 15 is 0 Å². The standard InChI is InChI=1S/C24H31N3O6S2/c1-3-34(29,30)25-17-21-13-14-27(19-21)35(31,32)23-11-9-22(10-12-23)24(28)26(15-16-33-2)18-20-7-5-4-6-8-20/h3-12,21,25H,1,13-19H2,2H3/t21-/m1/s1. The smallest absolute Gasteiger partial charge is 0.254 e. The van der Waals surface area contributed by atoms with Crippen LogP contribution in [-0.4, -0.2) is 71.8 Å². The van der Waals surface area contributed by atoms with E-state index in [4.69, 9.17) is 4.74 Å². The summed E-state index contributed by atoms with van der Waals surface area (Å²) in [6, 6.07) is 15.5. The van der Waals surface area contributed by atoms with Gasteiger partial charge in [-0.2, -0.15) is 4.31 Å². The molecule has 0 bridgehead atoms. The van der Waals surface area contributed by atoms with Gasteiger partial charge in [0.05, 0.1) is 11.5 Å². The van der Waals surface area contributed by atoms with E-state index in [1.165, 1.54) is 28.6 Å². The minimum atomic E-state index is -3.77. The van der Waals surface area contributed by atoms with Crippen LogP contribution in [0.15, 0.2) is 71.5 Å². The van der Waals surface area contributed by atoms with Crippen molar-refractivity contribution in [2.24, 2.45) is 5.92 Å². The van der Waals surface area contributed by atoms with Crippen LogP contribution in [0.5, 0.6) is 0 Å². The van der Waals surface area contributed by atoms with E-state index in [1.54, 1.807) is 12.0 Å². The van der Waals surface area contributed by atoms with Crippen molar-refractivity contribution in [1.29, 1.82) is 0 Å². The van der Waals surface area contributed by atoms with Crippen molar-refractivity contribution in [3.63, 3.8) is 0 Å². The first-order valence-electron chi connectivity index (χ1n) is 11.2. The summed E-state index contributed by atoms with van der Waals surface area (Å²) in [6.07, 6.45) is 0.545. The van der Waals surface area contributed by atoms with Crippen molar-refractivity contribution in [2.75, 3.05) is 39.9 Å². The first kappa shape index (κ1) is 27.0. The number of ether oxygens (including phenoxy) is 1. The molecule has 35 heavy (non-hydrogen) atoms. The van der Waals surface area contributed by atoms with Crippen molar-refractivity contribution in [3.8, 4) is 0 Å². The zero-order valence-corrected chi connectivity index (χ0v) is 21.3. The maximum Gasteiger partial charge on any atom is 0.254 e. The van der Waals surface area contributed by atoms with Crippen LogP contribution in [0.3, 0.4) is 0 Å². The van der Waals surface area contributed by atoms with E-state index in [9.17, 15) is 21.6 Å². The maximum absolute atomic E-state index is 13.1. The van der Waals surface area contributed by atoms with Crippen LogP contribution in [0.2, 0.25) is 0 Å². The van der Waals surface area contributed by atoms with Gasteiger partial charge in [0.25, 0.3) is 5.91 Å². The second-order valence-corrected chi connectivity index (χ2v) is 12.0. The van der Waals surface area contributed by atoms with Gasteiger partial charge in [0.1, 0.15) is 0 Å². The number of benzene rings is 2. The van der Waals surface area contributed by atoms with E-state index < -0.39 is 20.0 Å². The molecule has 2 aromatic carbocycles. The van der Waals surface area contributed by atoms with Crippen LogP contribution in [0.4, 0.5) is 0 Å². The SMILES string of the molecule is C=CS(=O)(=O)NC[C@H]1CCN(S(=O)(=O)c2ccc(C(=O)N(CCOC)Cc3ccccc3)cc2)C1. The molecule has 1 amide bonds. The van der Waals surface area contributed by atoms with Crippen LogP contribution < -0.4 is 4.72 Å². The molecule has 1 aliphatic heterocycles. The Kier molecular flexibility index (Phi) is 9.20. The molecule has 1 saturated heterocycles. The molecular formula is C24H31N3O6S2. The Balaban J connectivity index is 1.68. The summed E-state index contributed by atoms with van der Waals surface area (Å²) in [5.41, 5.74) is 1.37. The number of sulfonamides is 2. The van der Waals surface area contributed by atoms with Gasteiger partial charge in [-0.25, -0.2) is 21.6 Å². The molecule has 0 spiro atoms. The summed E-state index contributed by atoms with van der Waals surface area (Å²) in [7, 11) is -5.75. The van der Waals surface area contributed by atoms with Crippen molar-refractivity contribution >= 4 is 26.0 Å². The highest BCUT2D eigenvalue weighted by molar-refractivity contribution is 7.92. The van der Waals surface area contributed by atoms with Crippen LogP contribution in [0.1, 0.15) is 22.3 Å². The topological polar surface area (TPSA) is 113 Å². The molecule has 9 nitrogen and oxygen atoms in total. The predicted molar refractivity (Wildman–Crippen MR) is 133 cm³/mol. The fourth-order valence-corrected chi connectivity index (χ4v) is 5.95. The Morgan fingerprint density at radius 1 is 1.14 bits per heavy atom. The highest BCUT2D eigenvalue weighted by atomic mass is 32.2.